The highest BCUT2D eigenvalue weighted by atomic mass is 15.4. The van der Waals surface area contributed by atoms with Crippen LogP contribution in [0.4, 0.5) is 0 Å². The molecule has 0 radical (unpaired) electrons. The molecule has 4 heteroatoms. The van der Waals surface area contributed by atoms with Gasteiger partial charge in [0.1, 0.15) is 0 Å². The Kier molecular flexibility index (Phi) is 1.69. The molecule has 0 bridgehead atoms. The van der Waals surface area contributed by atoms with Gasteiger partial charge in [-0.15, -0.1) is 5.10 Å². The molecule has 1 aliphatic heterocycles. The zero-order valence-corrected chi connectivity index (χ0v) is 6.20. The van der Waals surface area contributed by atoms with E-state index >= 15 is 0 Å². The van der Waals surface area contributed by atoms with Crippen LogP contribution in [0.1, 0.15) is 6.42 Å². The van der Waals surface area contributed by atoms with Crippen LogP contribution >= 0.6 is 0 Å². The number of nitrogens with zero attached hydrogens (tertiary/aromatic N) is 3. The minimum absolute atomic E-state index is 0.940. The van der Waals surface area contributed by atoms with Gasteiger partial charge in [-0.1, -0.05) is 5.21 Å². The van der Waals surface area contributed by atoms with Gasteiger partial charge in [-0.25, -0.2) is 4.68 Å². The topological polar surface area (TPSA) is 42.7 Å². The number of nitrogens with one attached hydrogen (secondary N) is 1. The number of aromatic nitrogens is 3. The van der Waals surface area contributed by atoms with Crippen LogP contribution in [0.15, 0.2) is 18.5 Å². The highest BCUT2D eigenvalue weighted by Crippen LogP contribution is 2.08. The van der Waals surface area contributed by atoms with Crippen molar-refractivity contribution in [3.63, 3.8) is 0 Å². The van der Waals surface area contributed by atoms with Crippen LogP contribution < -0.4 is 5.32 Å². The van der Waals surface area contributed by atoms with Gasteiger partial charge in [0.15, 0.2) is 0 Å². The molecule has 0 saturated heterocycles. The predicted octanol–water partition coefficient (Wildman–Crippen LogP) is 0.112. The molecule has 2 heterocycles. The lowest BCUT2D eigenvalue weighted by atomic mass is 10.2. The van der Waals surface area contributed by atoms with Gasteiger partial charge >= 0.3 is 0 Å². The Hall–Kier alpha value is -1.16. The molecule has 1 aromatic heterocycles. The Labute approximate surface area is 64.9 Å². The Morgan fingerprint density at radius 1 is 1.55 bits per heavy atom. The maximum Gasteiger partial charge on any atom is 0.0697 e. The largest absolute Gasteiger partial charge is 0.313 e. The van der Waals surface area contributed by atoms with E-state index in [1.807, 2.05) is 10.9 Å². The molecule has 1 aliphatic rings. The predicted molar refractivity (Wildman–Crippen MR) is 41.8 cm³/mol. The highest BCUT2D eigenvalue weighted by molar-refractivity contribution is 5.44. The summed E-state index contributed by atoms with van der Waals surface area (Å²) >= 11 is 0. The number of rotatable bonds is 1. The van der Waals surface area contributed by atoms with E-state index in [-0.39, 0.29) is 0 Å². The van der Waals surface area contributed by atoms with Gasteiger partial charge in [-0.3, -0.25) is 0 Å². The van der Waals surface area contributed by atoms with Crippen LogP contribution in [0, 0.1) is 0 Å². The fraction of sp³-hybridized carbons (Fsp3) is 0.429. The lowest BCUT2D eigenvalue weighted by Gasteiger charge is -2.12. The van der Waals surface area contributed by atoms with Crippen LogP contribution in [0.5, 0.6) is 0 Å². The Morgan fingerprint density at radius 2 is 2.55 bits per heavy atom. The van der Waals surface area contributed by atoms with Crippen molar-refractivity contribution in [2.75, 3.05) is 13.1 Å². The van der Waals surface area contributed by atoms with Crippen LogP contribution in [-0.2, 0) is 0 Å². The van der Waals surface area contributed by atoms with Gasteiger partial charge < -0.3 is 5.32 Å². The van der Waals surface area contributed by atoms with E-state index in [2.05, 4.69) is 21.7 Å². The molecule has 0 atom stereocenters. The fourth-order valence-corrected chi connectivity index (χ4v) is 1.18. The molecule has 58 valence electrons. The van der Waals surface area contributed by atoms with Gasteiger partial charge in [0.05, 0.1) is 12.4 Å². The van der Waals surface area contributed by atoms with Crippen LogP contribution in [-0.4, -0.2) is 28.1 Å². The molecular weight excluding hydrogens is 140 g/mol. The molecule has 0 amide bonds. The van der Waals surface area contributed by atoms with E-state index in [1.165, 1.54) is 5.70 Å². The molecule has 0 fully saturated rings. The second-order valence-electron chi connectivity index (χ2n) is 2.50. The molecule has 0 spiro atoms. The van der Waals surface area contributed by atoms with E-state index < -0.39 is 0 Å². The molecular formula is C7H10N4. The van der Waals surface area contributed by atoms with Crippen LogP contribution in [0.25, 0.3) is 5.70 Å². The second kappa shape index (κ2) is 2.84. The molecule has 11 heavy (non-hydrogen) atoms. The van der Waals surface area contributed by atoms with Gasteiger partial charge in [0.25, 0.3) is 0 Å². The lowest BCUT2D eigenvalue weighted by molar-refractivity contribution is 0.689. The second-order valence-corrected chi connectivity index (χ2v) is 2.50. The summed E-state index contributed by atoms with van der Waals surface area (Å²) in [5.74, 6) is 0. The summed E-state index contributed by atoms with van der Waals surface area (Å²) < 4.78 is 1.82. The highest BCUT2D eigenvalue weighted by Gasteiger charge is 2.04. The zero-order valence-electron chi connectivity index (χ0n) is 6.20. The summed E-state index contributed by atoms with van der Waals surface area (Å²) in [4.78, 5) is 0. The van der Waals surface area contributed by atoms with Crippen molar-refractivity contribution in [2.24, 2.45) is 0 Å². The van der Waals surface area contributed by atoms with E-state index in [9.17, 15) is 0 Å². The van der Waals surface area contributed by atoms with Crippen molar-refractivity contribution in [1.82, 2.24) is 20.3 Å². The minimum atomic E-state index is 0.940. The SMILES string of the molecule is C1=C(n2ccnn2)CCNC1. The first kappa shape index (κ1) is 6.54. The van der Waals surface area contributed by atoms with Crippen molar-refractivity contribution in [1.29, 1.82) is 0 Å². The smallest absolute Gasteiger partial charge is 0.0697 e. The maximum atomic E-state index is 3.91. The van der Waals surface area contributed by atoms with E-state index in [4.69, 9.17) is 0 Å². The summed E-state index contributed by atoms with van der Waals surface area (Å²) in [6, 6.07) is 0. The van der Waals surface area contributed by atoms with E-state index in [0.29, 0.717) is 0 Å². The summed E-state index contributed by atoms with van der Waals surface area (Å²) in [6.45, 7) is 1.97. The standard InChI is InChI=1S/C7H10N4/c1-3-8-4-2-7(1)11-6-5-9-10-11/h1,5-6,8H,2-4H2. The Balaban J connectivity index is 2.22. The summed E-state index contributed by atoms with van der Waals surface area (Å²) in [7, 11) is 0. The van der Waals surface area contributed by atoms with E-state index in [0.717, 1.165) is 19.5 Å². The first-order chi connectivity index (χ1) is 5.47. The zero-order chi connectivity index (χ0) is 7.52. The van der Waals surface area contributed by atoms with Crippen molar-refractivity contribution >= 4 is 5.70 Å². The summed E-state index contributed by atoms with van der Waals surface area (Å²) in [5.41, 5.74) is 1.24. The molecule has 0 aromatic carbocycles. The van der Waals surface area contributed by atoms with Gasteiger partial charge in [0, 0.05) is 25.2 Å². The fourth-order valence-electron chi connectivity index (χ4n) is 1.18. The third kappa shape index (κ3) is 1.30. The Morgan fingerprint density at radius 3 is 3.18 bits per heavy atom. The first-order valence-electron chi connectivity index (χ1n) is 3.73. The van der Waals surface area contributed by atoms with E-state index in [1.54, 1.807) is 6.20 Å². The average molecular weight is 150 g/mol. The number of hydrogen-bond donors (Lipinski definition) is 1. The molecule has 0 saturated carbocycles. The quantitative estimate of drug-likeness (QED) is 0.618. The molecule has 0 aliphatic carbocycles. The van der Waals surface area contributed by atoms with Crippen molar-refractivity contribution < 1.29 is 0 Å². The summed E-state index contributed by atoms with van der Waals surface area (Å²) in [5, 5.41) is 10.9. The number of hydrogen-bond acceptors (Lipinski definition) is 3. The Bertz CT molecular complexity index is 249. The average Bonchev–Trinajstić information content (AvgIpc) is 2.58. The maximum absolute atomic E-state index is 3.91. The minimum Gasteiger partial charge on any atom is -0.313 e. The van der Waals surface area contributed by atoms with Crippen molar-refractivity contribution in [3.8, 4) is 0 Å². The molecule has 4 nitrogen and oxygen atoms in total. The third-order valence-corrected chi connectivity index (χ3v) is 1.76. The molecule has 2 rings (SSSR count). The lowest BCUT2D eigenvalue weighted by Crippen LogP contribution is -2.22. The van der Waals surface area contributed by atoms with Gasteiger partial charge in [-0.05, 0) is 6.08 Å². The van der Waals surface area contributed by atoms with Crippen LogP contribution in [0.2, 0.25) is 0 Å². The molecule has 1 N–H and O–H groups in total. The molecule has 1 aromatic rings. The first-order valence-corrected chi connectivity index (χ1v) is 3.73. The van der Waals surface area contributed by atoms with Crippen LogP contribution in [0.3, 0.4) is 0 Å². The third-order valence-electron chi connectivity index (χ3n) is 1.76. The molecule has 0 unspecified atom stereocenters. The van der Waals surface area contributed by atoms with Crippen molar-refractivity contribution in [2.45, 2.75) is 6.42 Å². The summed E-state index contributed by atoms with van der Waals surface area (Å²) in [6.07, 6.45) is 6.74. The van der Waals surface area contributed by atoms with Gasteiger partial charge in [0.2, 0.25) is 0 Å². The van der Waals surface area contributed by atoms with Crippen molar-refractivity contribution in [3.05, 3.63) is 18.5 Å². The van der Waals surface area contributed by atoms with Gasteiger partial charge in [-0.2, -0.15) is 0 Å². The normalized spacial score (nSPS) is 18.0. The monoisotopic (exact) mass is 150 g/mol.